The third kappa shape index (κ3) is 4.46. The maximum absolute atomic E-state index is 12.1. The minimum atomic E-state index is -0.323. The molecule has 0 aliphatic carbocycles. The highest BCUT2D eigenvalue weighted by Crippen LogP contribution is 2.33. The molecule has 0 unspecified atom stereocenters. The maximum atomic E-state index is 12.1. The second-order valence-electron chi connectivity index (χ2n) is 4.93. The molecule has 128 valence electrons. The van der Waals surface area contributed by atoms with Crippen molar-refractivity contribution in [1.29, 1.82) is 0 Å². The van der Waals surface area contributed by atoms with Gasteiger partial charge in [-0.3, -0.25) is 4.79 Å². The normalized spacial score (nSPS) is 10.2. The summed E-state index contributed by atoms with van der Waals surface area (Å²) < 4.78 is 15.9. The molecule has 24 heavy (non-hydrogen) atoms. The van der Waals surface area contributed by atoms with Gasteiger partial charge in [-0.25, -0.2) is 0 Å². The third-order valence-corrected chi connectivity index (χ3v) is 3.79. The zero-order chi connectivity index (χ0) is 17.7. The molecule has 0 bridgehead atoms. The van der Waals surface area contributed by atoms with Crippen LogP contribution in [0.15, 0.2) is 30.3 Å². The predicted molar refractivity (Wildman–Crippen MR) is 94.9 cm³/mol. The highest BCUT2D eigenvalue weighted by molar-refractivity contribution is 6.35. The topological polar surface area (TPSA) is 56.8 Å². The van der Waals surface area contributed by atoms with E-state index in [0.717, 1.165) is 5.56 Å². The van der Waals surface area contributed by atoms with E-state index in [2.05, 4.69) is 5.32 Å². The Bertz CT molecular complexity index is 750. The van der Waals surface area contributed by atoms with Crippen molar-refractivity contribution in [2.45, 2.75) is 6.92 Å². The van der Waals surface area contributed by atoms with Crippen molar-refractivity contribution in [2.24, 2.45) is 0 Å². The van der Waals surface area contributed by atoms with Crippen LogP contribution in [0.4, 0.5) is 5.69 Å². The first kappa shape index (κ1) is 18.2. The van der Waals surface area contributed by atoms with E-state index in [-0.39, 0.29) is 12.5 Å². The number of nitrogens with one attached hydrogen (secondary N) is 1. The first-order chi connectivity index (χ1) is 11.4. The fourth-order valence-corrected chi connectivity index (χ4v) is 2.50. The summed E-state index contributed by atoms with van der Waals surface area (Å²) in [6, 6.07) is 8.28. The van der Waals surface area contributed by atoms with Gasteiger partial charge >= 0.3 is 0 Å². The van der Waals surface area contributed by atoms with E-state index in [1.54, 1.807) is 37.4 Å². The summed E-state index contributed by atoms with van der Waals surface area (Å²) in [5.74, 6) is 1.19. The molecule has 0 spiro atoms. The summed E-state index contributed by atoms with van der Waals surface area (Å²) in [6.45, 7) is 1.67. The van der Waals surface area contributed by atoms with E-state index in [1.165, 1.54) is 7.11 Å². The molecule has 2 aromatic carbocycles. The molecular weight excluding hydrogens is 353 g/mol. The summed E-state index contributed by atoms with van der Waals surface area (Å²) in [5, 5.41) is 3.61. The lowest BCUT2D eigenvalue weighted by molar-refractivity contribution is -0.118. The fourth-order valence-electron chi connectivity index (χ4n) is 2.04. The number of amides is 1. The van der Waals surface area contributed by atoms with Gasteiger partial charge in [0.1, 0.15) is 5.75 Å². The Morgan fingerprint density at radius 3 is 2.33 bits per heavy atom. The number of ether oxygens (including phenoxy) is 3. The van der Waals surface area contributed by atoms with Crippen molar-refractivity contribution in [3.63, 3.8) is 0 Å². The molecule has 0 aliphatic rings. The second kappa shape index (κ2) is 8.13. The number of carbonyl (C=O) groups is 1. The molecule has 0 heterocycles. The lowest BCUT2D eigenvalue weighted by atomic mass is 10.1. The van der Waals surface area contributed by atoms with Gasteiger partial charge in [-0.05, 0) is 36.8 Å². The molecular formula is C17H17Cl2NO4. The van der Waals surface area contributed by atoms with Gasteiger partial charge in [-0.1, -0.05) is 23.2 Å². The molecule has 5 nitrogen and oxygen atoms in total. The highest BCUT2D eigenvalue weighted by Gasteiger charge is 2.12. The van der Waals surface area contributed by atoms with Crippen molar-refractivity contribution in [3.05, 3.63) is 45.9 Å². The van der Waals surface area contributed by atoms with Crippen molar-refractivity contribution < 1.29 is 19.0 Å². The Hall–Kier alpha value is -2.11. The summed E-state index contributed by atoms with van der Waals surface area (Å²) in [4.78, 5) is 12.1. The van der Waals surface area contributed by atoms with Gasteiger partial charge in [0.05, 0.1) is 19.2 Å². The zero-order valence-corrected chi connectivity index (χ0v) is 15.0. The first-order valence-electron chi connectivity index (χ1n) is 7.05. The van der Waals surface area contributed by atoms with E-state index in [0.29, 0.717) is 33.0 Å². The molecule has 7 heteroatoms. The Morgan fingerprint density at radius 2 is 1.71 bits per heavy atom. The minimum Gasteiger partial charge on any atom is -0.493 e. The van der Waals surface area contributed by atoms with Crippen molar-refractivity contribution in [2.75, 3.05) is 26.1 Å². The maximum Gasteiger partial charge on any atom is 0.262 e. The number of benzene rings is 2. The Kier molecular flexibility index (Phi) is 6.17. The van der Waals surface area contributed by atoms with E-state index in [9.17, 15) is 4.79 Å². The van der Waals surface area contributed by atoms with Gasteiger partial charge in [0, 0.05) is 16.8 Å². The number of carbonyl (C=O) groups excluding carboxylic acids is 1. The number of anilines is 1. The fraction of sp³-hybridized carbons (Fsp3) is 0.235. The number of rotatable bonds is 6. The first-order valence-corrected chi connectivity index (χ1v) is 7.80. The molecule has 2 rings (SSSR count). The number of hydrogen-bond donors (Lipinski definition) is 1. The molecule has 0 aliphatic heterocycles. The average molecular weight is 370 g/mol. The molecule has 0 atom stereocenters. The van der Waals surface area contributed by atoms with E-state index >= 15 is 0 Å². The lowest BCUT2D eigenvalue weighted by Gasteiger charge is -2.14. The van der Waals surface area contributed by atoms with Gasteiger partial charge in [0.15, 0.2) is 18.1 Å². The Labute approximate surface area is 150 Å². The molecule has 0 aromatic heterocycles. The quantitative estimate of drug-likeness (QED) is 0.822. The van der Waals surface area contributed by atoms with Crippen LogP contribution in [-0.4, -0.2) is 26.7 Å². The van der Waals surface area contributed by atoms with E-state index in [4.69, 9.17) is 37.4 Å². The largest absolute Gasteiger partial charge is 0.493 e. The number of hydrogen-bond acceptors (Lipinski definition) is 4. The van der Waals surface area contributed by atoms with Gasteiger partial charge in [0.25, 0.3) is 5.91 Å². The molecule has 0 radical (unpaired) electrons. The molecule has 0 fully saturated rings. The van der Waals surface area contributed by atoms with Crippen LogP contribution in [0.5, 0.6) is 17.2 Å². The molecule has 2 aromatic rings. The zero-order valence-electron chi connectivity index (χ0n) is 13.5. The average Bonchev–Trinajstić information content (AvgIpc) is 2.55. The van der Waals surface area contributed by atoms with E-state index < -0.39 is 0 Å². The van der Waals surface area contributed by atoms with Crippen molar-refractivity contribution >= 4 is 34.8 Å². The molecule has 0 saturated carbocycles. The van der Waals surface area contributed by atoms with Crippen LogP contribution in [0.3, 0.4) is 0 Å². The van der Waals surface area contributed by atoms with Crippen LogP contribution < -0.4 is 19.5 Å². The van der Waals surface area contributed by atoms with Crippen molar-refractivity contribution in [3.8, 4) is 17.2 Å². The standard InChI is InChI=1S/C17H17Cl2NO4/c1-10-6-15(22-2)16(23-3)8-13(10)20-17(21)9-24-14-5-4-11(18)7-12(14)19/h4-8H,9H2,1-3H3,(H,20,21). The summed E-state index contributed by atoms with van der Waals surface area (Å²) in [7, 11) is 3.09. The number of methoxy groups -OCH3 is 2. The van der Waals surface area contributed by atoms with Gasteiger partial charge in [-0.15, -0.1) is 0 Å². The van der Waals surface area contributed by atoms with Crippen LogP contribution in [-0.2, 0) is 4.79 Å². The smallest absolute Gasteiger partial charge is 0.262 e. The molecule has 1 N–H and O–H groups in total. The van der Waals surface area contributed by atoms with Crippen LogP contribution >= 0.6 is 23.2 Å². The molecule has 0 saturated heterocycles. The van der Waals surface area contributed by atoms with Crippen LogP contribution in [0.2, 0.25) is 10.0 Å². The van der Waals surface area contributed by atoms with Crippen molar-refractivity contribution in [1.82, 2.24) is 0 Å². The minimum absolute atomic E-state index is 0.185. The van der Waals surface area contributed by atoms with E-state index in [1.807, 2.05) is 6.92 Å². The Morgan fingerprint density at radius 1 is 1.04 bits per heavy atom. The summed E-state index contributed by atoms with van der Waals surface area (Å²) in [6.07, 6.45) is 0. The third-order valence-electron chi connectivity index (χ3n) is 3.26. The van der Waals surface area contributed by atoms with Crippen LogP contribution in [0, 0.1) is 6.92 Å². The number of aryl methyl sites for hydroxylation is 1. The highest BCUT2D eigenvalue weighted by atomic mass is 35.5. The van der Waals surface area contributed by atoms with Crippen LogP contribution in [0.25, 0.3) is 0 Å². The summed E-state index contributed by atoms with van der Waals surface area (Å²) in [5.41, 5.74) is 1.45. The van der Waals surface area contributed by atoms with Crippen LogP contribution in [0.1, 0.15) is 5.56 Å². The van der Waals surface area contributed by atoms with Gasteiger partial charge < -0.3 is 19.5 Å². The van der Waals surface area contributed by atoms with Gasteiger partial charge in [-0.2, -0.15) is 0 Å². The second-order valence-corrected chi connectivity index (χ2v) is 5.78. The predicted octanol–water partition coefficient (Wildman–Crippen LogP) is 4.34. The summed E-state index contributed by atoms with van der Waals surface area (Å²) >= 11 is 11.8. The monoisotopic (exact) mass is 369 g/mol. The SMILES string of the molecule is COc1cc(C)c(NC(=O)COc2ccc(Cl)cc2Cl)cc1OC. The number of halogens is 2. The lowest BCUT2D eigenvalue weighted by Crippen LogP contribution is -2.20. The Balaban J connectivity index is 2.04. The van der Waals surface area contributed by atoms with Gasteiger partial charge in [0.2, 0.25) is 0 Å². The molecule has 1 amide bonds.